The molecule has 0 fully saturated rings. The Morgan fingerprint density at radius 2 is 1.96 bits per heavy atom. The van der Waals surface area contributed by atoms with Crippen LogP contribution in [0.2, 0.25) is 0 Å². The van der Waals surface area contributed by atoms with Crippen LogP contribution in [0.3, 0.4) is 0 Å². The lowest BCUT2D eigenvalue weighted by Crippen LogP contribution is -2.19. The third-order valence-corrected chi connectivity index (χ3v) is 3.59. The highest BCUT2D eigenvalue weighted by molar-refractivity contribution is 5.87. The minimum Gasteiger partial charge on any atom is -0.497 e. The summed E-state index contributed by atoms with van der Waals surface area (Å²) in [6, 6.07) is 12.7. The molecule has 3 rings (SSSR count). The zero-order valence-electron chi connectivity index (χ0n) is 12.9. The van der Waals surface area contributed by atoms with Crippen LogP contribution in [0.25, 0.3) is 23.3 Å². The third-order valence-electron chi connectivity index (χ3n) is 3.59. The number of benzene rings is 2. The summed E-state index contributed by atoms with van der Waals surface area (Å²) in [5, 5.41) is 8.91. The van der Waals surface area contributed by atoms with Gasteiger partial charge in [0.2, 0.25) is 0 Å². The van der Waals surface area contributed by atoms with Gasteiger partial charge in [-0.25, -0.2) is 4.79 Å². The number of carboxylic acid groups (broad SMARTS) is 1. The van der Waals surface area contributed by atoms with E-state index in [0.717, 1.165) is 15.9 Å². The van der Waals surface area contributed by atoms with Crippen LogP contribution in [0, 0.1) is 0 Å². The highest BCUT2D eigenvalue weighted by atomic mass is 16.5. The second-order valence-electron chi connectivity index (χ2n) is 5.15. The molecular weight excluding hydrogens is 310 g/mol. The molecule has 24 heavy (non-hydrogen) atoms. The molecule has 0 aliphatic carbocycles. The minimum atomic E-state index is -1.10. The lowest BCUT2D eigenvalue weighted by Gasteiger charge is -2.00. The molecule has 1 aromatic heterocycles. The van der Waals surface area contributed by atoms with Crippen molar-refractivity contribution in [1.29, 1.82) is 0 Å². The number of aromatic nitrogens is 1. The second kappa shape index (κ2) is 6.45. The average Bonchev–Trinajstić information content (AvgIpc) is 2.89. The summed E-state index contributed by atoms with van der Waals surface area (Å²) in [6.07, 6.45) is 3.70. The summed E-state index contributed by atoms with van der Waals surface area (Å²) in [7, 11) is 1.61. The Balaban J connectivity index is 1.98. The Hall–Kier alpha value is -3.28. The number of aliphatic carboxylic acids is 1. The molecule has 3 aromatic rings. The van der Waals surface area contributed by atoms with E-state index in [1.165, 1.54) is 0 Å². The van der Waals surface area contributed by atoms with Crippen molar-refractivity contribution in [2.45, 2.75) is 6.54 Å². The van der Waals surface area contributed by atoms with E-state index in [4.69, 9.17) is 14.3 Å². The van der Waals surface area contributed by atoms with Gasteiger partial charge in [0.15, 0.2) is 5.58 Å². The predicted molar refractivity (Wildman–Crippen MR) is 90.0 cm³/mol. The molecule has 6 heteroatoms. The number of oxazole rings is 1. The van der Waals surface area contributed by atoms with Crippen molar-refractivity contribution < 1.29 is 19.1 Å². The molecule has 0 spiro atoms. The van der Waals surface area contributed by atoms with Gasteiger partial charge in [-0.15, -0.1) is 0 Å². The fourth-order valence-electron chi connectivity index (χ4n) is 2.42. The fourth-order valence-corrected chi connectivity index (χ4v) is 2.42. The Kier molecular flexibility index (Phi) is 4.20. The highest BCUT2D eigenvalue weighted by Gasteiger charge is 2.13. The first-order valence-electron chi connectivity index (χ1n) is 7.25. The number of methoxy groups -OCH3 is 1. The molecule has 0 saturated carbocycles. The van der Waals surface area contributed by atoms with Crippen LogP contribution in [0.5, 0.6) is 5.75 Å². The number of nitrogens with zero attached hydrogens (tertiary/aromatic N) is 1. The first kappa shape index (κ1) is 15.6. The van der Waals surface area contributed by atoms with E-state index >= 15 is 0 Å². The zero-order chi connectivity index (χ0) is 17.1. The number of hydrogen-bond acceptors (Lipinski definition) is 4. The van der Waals surface area contributed by atoms with Crippen molar-refractivity contribution in [1.82, 2.24) is 4.57 Å². The van der Waals surface area contributed by atoms with Crippen molar-refractivity contribution in [2.24, 2.45) is 0 Å². The minimum absolute atomic E-state index is 0.369. The molecule has 1 heterocycles. The fraction of sp³-hybridized carbons (Fsp3) is 0.111. The van der Waals surface area contributed by atoms with Gasteiger partial charge in [-0.05, 0) is 23.8 Å². The van der Waals surface area contributed by atoms with E-state index in [1.807, 2.05) is 36.4 Å². The molecule has 0 unspecified atom stereocenters. The zero-order valence-corrected chi connectivity index (χ0v) is 12.9. The van der Waals surface area contributed by atoms with Gasteiger partial charge < -0.3 is 14.3 Å². The van der Waals surface area contributed by atoms with E-state index in [9.17, 15) is 9.59 Å². The van der Waals surface area contributed by atoms with Gasteiger partial charge in [0, 0.05) is 5.56 Å². The molecule has 122 valence electrons. The van der Waals surface area contributed by atoms with Gasteiger partial charge in [0.25, 0.3) is 0 Å². The summed E-state index contributed by atoms with van der Waals surface area (Å²) < 4.78 is 11.4. The lowest BCUT2D eigenvalue weighted by molar-refractivity contribution is -0.137. The molecule has 0 aliphatic heterocycles. The van der Waals surface area contributed by atoms with E-state index in [-0.39, 0.29) is 0 Å². The Morgan fingerprint density at radius 3 is 2.62 bits per heavy atom. The molecular formula is C18H15NO5. The number of hydrogen-bond donors (Lipinski definition) is 1. The molecule has 0 atom stereocenters. The van der Waals surface area contributed by atoms with Crippen molar-refractivity contribution in [3.8, 4) is 5.75 Å². The highest BCUT2D eigenvalue weighted by Crippen LogP contribution is 2.21. The molecule has 6 nitrogen and oxygen atoms in total. The second-order valence-corrected chi connectivity index (χ2v) is 5.15. The van der Waals surface area contributed by atoms with Gasteiger partial charge >= 0.3 is 11.7 Å². The average molecular weight is 325 g/mol. The third kappa shape index (κ3) is 3.08. The van der Waals surface area contributed by atoms with Gasteiger partial charge in [-0.3, -0.25) is 9.36 Å². The smallest absolute Gasteiger partial charge is 0.420 e. The standard InChI is InChI=1S/C18H15NO5/c1-23-14-9-6-12(7-10-14)5-8-13-3-2-4-15-17(13)24-18(22)19(15)11-16(20)21/h2-10H,11H2,1H3,(H,20,21)/b8-5+. The summed E-state index contributed by atoms with van der Waals surface area (Å²) in [5.41, 5.74) is 2.48. The van der Waals surface area contributed by atoms with E-state index in [1.54, 1.807) is 25.3 Å². The summed E-state index contributed by atoms with van der Waals surface area (Å²) in [4.78, 5) is 22.8. The van der Waals surface area contributed by atoms with Crippen molar-refractivity contribution >= 4 is 29.2 Å². The van der Waals surface area contributed by atoms with Crippen LogP contribution in [-0.2, 0) is 11.3 Å². The normalized spacial score (nSPS) is 11.2. The monoisotopic (exact) mass is 325 g/mol. The maximum absolute atomic E-state index is 11.9. The number of carboxylic acids is 1. The largest absolute Gasteiger partial charge is 0.497 e. The first-order chi connectivity index (χ1) is 11.6. The number of rotatable bonds is 5. The molecule has 0 amide bonds. The topological polar surface area (TPSA) is 81.7 Å². The molecule has 2 aromatic carbocycles. The van der Waals surface area contributed by atoms with Crippen molar-refractivity contribution in [3.63, 3.8) is 0 Å². The SMILES string of the molecule is COc1ccc(/C=C/c2cccc3c2oc(=O)n3CC(=O)O)cc1. The Morgan fingerprint density at radius 1 is 1.21 bits per heavy atom. The van der Waals surface area contributed by atoms with Crippen LogP contribution >= 0.6 is 0 Å². The lowest BCUT2D eigenvalue weighted by atomic mass is 10.1. The van der Waals surface area contributed by atoms with E-state index in [2.05, 4.69) is 0 Å². The van der Waals surface area contributed by atoms with Gasteiger partial charge in [0.1, 0.15) is 12.3 Å². The quantitative estimate of drug-likeness (QED) is 0.730. The van der Waals surface area contributed by atoms with Gasteiger partial charge in [0.05, 0.1) is 12.6 Å². The number of fused-ring (bicyclic) bond motifs is 1. The van der Waals surface area contributed by atoms with Crippen LogP contribution in [0.1, 0.15) is 11.1 Å². The molecule has 0 radical (unpaired) electrons. The number of para-hydroxylation sites is 1. The van der Waals surface area contributed by atoms with Crippen LogP contribution in [0.15, 0.2) is 51.7 Å². The first-order valence-corrected chi connectivity index (χ1v) is 7.25. The molecule has 0 aliphatic rings. The maximum Gasteiger partial charge on any atom is 0.420 e. The van der Waals surface area contributed by atoms with Gasteiger partial charge in [-0.2, -0.15) is 0 Å². The van der Waals surface area contributed by atoms with E-state index < -0.39 is 18.3 Å². The van der Waals surface area contributed by atoms with Crippen LogP contribution < -0.4 is 10.5 Å². The number of ether oxygens (including phenoxy) is 1. The Labute approximate surface area is 137 Å². The van der Waals surface area contributed by atoms with Crippen molar-refractivity contribution in [3.05, 3.63) is 64.1 Å². The van der Waals surface area contributed by atoms with Crippen LogP contribution in [-0.4, -0.2) is 22.8 Å². The van der Waals surface area contributed by atoms with Crippen LogP contribution in [0.4, 0.5) is 0 Å². The summed E-state index contributed by atoms with van der Waals surface area (Å²) in [6.45, 7) is -0.433. The van der Waals surface area contributed by atoms with E-state index in [0.29, 0.717) is 16.7 Å². The number of carbonyl (C=O) groups is 1. The molecule has 0 bridgehead atoms. The maximum atomic E-state index is 11.9. The molecule has 0 saturated heterocycles. The van der Waals surface area contributed by atoms with Crippen molar-refractivity contribution in [2.75, 3.05) is 7.11 Å². The van der Waals surface area contributed by atoms with Gasteiger partial charge in [-0.1, -0.05) is 36.4 Å². The summed E-state index contributed by atoms with van der Waals surface area (Å²) >= 11 is 0. The Bertz CT molecular complexity index is 963. The summed E-state index contributed by atoms with van der Waals surface area (Å²) in [5.74, 6) is -1.01. The predicted octanol–water partition coefficient (Wildman–Crippen LogP) is 2.86. The molecule has 1 N–H and O–H groups in total.